The molecule has 0 atom stereocenters. The van der Waals surface area contributed by atoms with Crippen LogP contribution in [0.1, 0.15) is 75.3 Å². The van der Waals surface area contributed by atoms with E-state index in [2.05, 4.69) is 39.5 Å². The number of fused-ring (bicyclic) bond motifs is 1. The van der Waals surface area contributed by atoms with Crippen LogP contribution in [-0.2, 0) is 19.5 Å². The van der Waals surface area contributed by atoms with Gasteiger partial charge in [-0.15, -0.1) is 0 Å². The average Bonchev–Trinajstić information content (AvgIpc) is 3.06. The smallest absolute Gasteiger partial charge is 0.268 e. The highest BCUT2D eigenvalue weighted by atomic mass is 16.2. The van der Waals surface area contributed by atoms with Crippen LogP contribution in [0.5, 0.6) is 0 Å². The van der Waals surface area contributed by atoms with Crippen LogP contribution in [0.15, 0.2) is 24.3 Å². The van der Waals surface area contributed by atoms with Crippen molar-refractivity contribution in [2.45, 2.75) is 58.5 Å². The first-order valence-electron chi connectivity index (χ1n) is 10.4. The van der Waals surface area contributed by atoms with Crippen LogP contribution in [0.3, 0.4) is 0 Å². The Morgan fingerprint density at radius 2 is 1.75 bits per heavy atom. The molecule has 0 bridgehead atoms. The Balaban J connectivity index is 1.35. The zero-order valence-electron chi connectivity index (χ0n) is 16.6. The van der Waals surface area contributed by atoms with Gasteiger partial charge in [0.05, 0.1) is 0 Å². The number of benzene rings is 1. The number of nitrogens with one attached hydrogen (secondary N) is 2. The highest BCUT2D eigenvalue weighted by Gasteiger charge is 2.26. The van der Waals surface area contributed by atoms with Crippen molar-refractivity contribution in [2.24, 2.45) is 0 Å². The van der Waals surface area contributed by atoms with E-state index in [1.807, 2.05) is 6.92 Å². The molecule has 2 heterocycles. The standard InChI is InChI=1S/C23H29N3O2/c1-16-21-19(6-5-7-20(21)27)25-22(16)23(28)24-14-17-8-10-18(11-9-17)15-26-12-3-2-4-13-26/h8-11,25H,2-7,12-15H2,1H3,(H,24,28). The maximum absolute atomic E-state index is 12.6. The van der Waals surface area contributed by atoms with Crippen LogP contribution >= 0.6 is 0 Å². The van der Waals surface area contributed by atoms with Gasteiger partial charge in [-0.05, 0) is 62.4 Å². The Labute approximate surface area is 166 Å². The Morgan fingerprint density at radius 1 is 1.04 bits per heavy atom. The number of piperidine rings is 1. The molecule has 4 rings (SSSR count). The molecule has 1 aliphatic carbocycles. The summed E-state index contributed by atoms with van der Waals surface area (Å²) in [6, 6.07) is 8.51. The minimum atomic E-state index is -0.142. The van der Waals surface area contributed by atoms with Crippen LogP contribution in [-0.4, -0.2) is 34.7 Å². The zero-order valence-corrected chi connectivity index (χ0v) is 16.6. The molecule has 1 aromatic carbocycles. The molecular weight excluding hydrogens is 350 g/mol. The molecule has 2 aliphatic rings. The molecule has 0 spiro atoms. The molecule has 5 nitrogen and oxygen atoms in total. The van der Waals surface area contributed by atoms with E-state index in [4.69, 9.17) is 0 Å². The average molecular weight is 380 g/mol. The fourth-order valence-corrected chi connectivity index (χ4v) is 4.41. The summed E-state index contributed by atoms with van der Waals surface area (Å²) in [5, 5.41) is 2.99. The van der Waals surface area contributed by atoms with E-state index < -0.39 is 0 Å². The lowest BCUT2D eigenvalue weighted by molar-refractivity contribution is 0.0945. The van der Waals surface area contributed by atoms with Gasteiger partial charge in [0.15, 0.2) is 5.78 Å². The third-order valence-corrected chi connectivity index (χ3v) is 6.00. The van der Waals surface area contributed by atoms with Crippen molar-refractivity contribution in [1.82, 2.24) is 15.2 Å². The molecule has 0 radical (unpaired) electrons. The van der Waals surface area contributed by atoms with E-state index in [0.717, 1.165) is 41.8 Å². The zero-order chi connectivity index (χ0) is 19.5. The van der Waals surface area contributed by atoms with Crippen LogP contribution < -0.4 is 5.32 Å². The Morgan fingerprint density at radius 3 is 2.46 bits per heavy atom. The van der Waals surface area contributed by atoms with E-state index in [-0.39, 0.29) is 11.7 Å². The van der Waals surface area contributed by atoms with E-state index in [1.165, 1.54) is 37.9 Å². The first-order chi connectivity index (χ1) is 13.6. The molecule has 1 amide bonds. The number of Topliss-reactive ketones (excluding diaryl/α,β-unsaturated/α-hetero) is 1. The summed E-state index contributed by atoms with van der Waals surface area (Å²) < 4.78 is 0. The minimum absolute atomic E-state index is 0.142. The largest absolute Gasteiger partial charge is 0.354 e. The Kier molecular flexibility index (Phi) is 5.62. The summed E-state index contributed by atoms with van der Waals surface area (Å²) in [4.78, 5) is 30.5. The minimum Gasteiger partial charge on any atom is -0.354 e. The maximum Gasteiger partial charge on any atom is 0.268 e. The van der Waals surface area contributed by atoms with Gasteiger partial charge in [-0.25, -0.2) is 0 Å². The van der Waals surface area contributed by atoms with Crippen LogP contribution in [0.25, 0.3) is 0 Å². The summed E-state index contributed by atoms with van der Waals surface area (Å²) >= 11 is 0. The van der Waals surface area contributed by atoms with Crippen molar-refractivity contribution in [1.29, 1.82) is 0 Å². The quantitative estimate of drug-likeness (QED) is 0.831. The first kappa shape index (κ1) is 18.9. The third kappa shape index (κ3) is 4.04. The molecule has 1 aliphatic heterocycles. The molecule has 5 heteroatoms. The molecule has 2 aromatic rings. The lowest BCUT2D eigenvalue weighted by atomic mass is 9.94. The number of aromatic amines is 1. The number of hydrogen-bond donors (Lipinski definition) is 2. The van der Waals surface area contributed by atoms with E-state index in [1.54, 1.807) is 0 Å². The molecule has 1 aromatic heterocycles. The molecule has 0 saturated carbocycles. The van der Waals surface area contributed by atoms with E-state index in [9.17, 15) is 9.59 Å². The van der Waals surface area contributed by atoms with Gasteiger partial charge in [0, 0.05) is 30.8 Å². The molecule has 1 fully saturated rings. The van der Waals surface area contributed by atoms with Crippen molar-refractivity contribution < 1.29 is 9.59 Å². The number of hydrogen-bond acceptors (Lipinski definition) is 3. The summed E-state index contributed by atoms with van der Waals surface area (Å²) in [6.07, 6.45) is 6.24. The van der Waals surface area contributed by atoms with E-state index in [0.29, 0.717) is 18.7 Å². The number of aromatic nitrogens is 1. The second-order valence-corrected chi connectivity index (χ2v) is 8.09. The highest BCUT2D eigenvalue weighted by Crippen LogP contribution is 2.26. The van der Waals surface area contributed by atoms with E-state index >= 15 is 0 Å². The highest BCUT2D eigenvalue weighted by molar-refractivity contribution is 6.04. The van der Waals surface area contributed by atoms with Crippen molar-refractivity contribution in [3.05, 3.63) is 57.9 Å². The summed E-state index contributed by atoms with van der Waals surface area (Å²) in [7, 11) is 0. The number of carbonyl (C=O) groups excluding carboxylic acids is 2. The SMILES string of the molecule is Cc1c(C(=O)NCc2ccc(CN3CCCCC3)cc2)[nH]c2c1C(=O)CCC2. The number of aryl methyl sites for hydroxylation is 1. The van der Waals surface area contributed by atoms with Crippen molar-refractivity contribution in [3.63, 3.8) is 0 Å². The fraction of sp³-hybridized carbons (Fsp3) is 0.478. The Bertz CT molecular complexity index is 861. The van der Waals surface area contributed by atoms with Crippen molar-refractivity contribution in [3.8, 4) is 0 Å². The number of amides is 1. The predicted octanol–water partition coefficient (Wildman–Crippen LogP) is 3.76. The van der Waals surface area contributed by atoms with Crippen molar-refractivity contribution >= 4 is 11.7 Å². The second kappa shape index (κ2) is 8.31. The van der Waals surface area contributed by atoms with Gasteiger partial charge < -0.3 is 10.3 Å². The lowest BCUT2D eigenvalue weighted by Crippen LogP contribution is -2.29. The molecule has 0 unspecified atom stereocenters. The number of H-pyrrole nitrogens is 1. The molecule has 2 N–H and O–H groups in total. The van der Waals surface area contributed by atoms with Crippen LogP contribution in [0.4, 0.5) is 0 Å². The molecule has 28 heavy (non-hydrogen) atoms. The Hall–Kier alpha value is -2.40. The predicted molar refractivity (Wildman–Crippen MR) is 110 cm³/mol. The molecule has 1 saturated heterocycles. The monoisotopic (exact) mass is 379 g/mol. The first-order valence-corrected chi connectivity index (χ1v) is 10.4. The summed E-state index contributed by atoms with van der Waals surface area (Å²) in [5.74, 6) is 0.00966. The lowest BCUT2D eigenvalue weighted by Gasteiger charge is -2.26. The van der Waals surface area contributed by atoms with Gasteiger partial charge in [-0.1, -0.05) is 30.7 Å². The van der Waals surface area contributed by atoms with Gasteiger partial charge >= 0.3 is 0 Å². The number of ketones is 1. The number of nitrogens with zero attached hydrogens (tertiary/aromatic N) is 1. The normalized spacial score (nSPS) is 17.4. The molecular formula is C23H29N3O2. The second-order valence-electron chi connectivity index (χ2n) is 8.09. The van der Waals surface area contributed by atoms with Gasteiger partial charge in [0.2, 0.25) is 0 Å². The van der Waals surface area contributed by atoms with Gasteiger partial charge in [-0.3, -0.25) is 14.5 Å². The van der Waals surface area contributed by atoms with Crippen LogP contribution in [0.2, 0.25) is 0 Å². The number of likely N-dealkylation sites (tertiary alicyclic amines) is 1. The van der Waals surface area contributed by atoms with Crippen molar-refractivity contribution in [2.75, 3.05) is 13.1 Å². The van der Waals surface area contributed by atoms with Gasteiger partial charge in [0.25, 0.3) is 5.91 Å². The molecule has 148 valence electrons. The topological polar surface area (TPSA) is 65.2 Å². The van der Waals surface area contributed by atoms with Gasteiger partial charge in [-0.2, -0.15) is 0 Å². The fourth-order valence-electron chi connectivity index (χ4n) is 4.41. The number of carbonyl (C=O) groups is 2. The van der Waals surface area contributed by atoms with Gasteiger partial charge in [0.1, 0.15) is 5.69 Å². The summed E-state index contributed by atoms with van der Waals surface area (Å²) in [6.45, 7) is 5.75. The number of rotatable bonds is 5. The third-order valence-electron chi connectivity index (χ3n) is 6.00. The van der Waals surface area contributed by atoms with Crippen LogP contribution in [0, 0.1) is 6.92 Å². The maximum atomic E-state index is 12.6. The summed E-state index contributed by atoms with van der Waals surface area (Å²) in [5.41, 5.74) is 5.37.